The molecule has 1 aromatic carbocycles. The molecule has 0 radical (unpaired) electrons. The van der Waals surface area contributed by atoms with E-state index in [-0.39, 0.29) is 37.4 Å². The van der Waals surface area contributed by atoms with Gasteiger partial charge in [0.05, 0.1) is 6.61 Å². The monoisotopic (exact) mass is 449 g/mol. The number of carbonyl (C=O) groups is 3. The molecular formula is C23H35N3O6. The average molecular weight is 450 g/mol. The van der Waals surface area contributed by atoms with Gasteiger partial charge in [-0.1, -0.05) is 0 Å². The summed E-state index contributed by atoms with van der Waals surface area (Å²) < 4.78 is 16.1. The molecule has 1 heterocycles. The molecule has 1 aliphatic heterocycles. The van der Waals surface area contributed by atoms with Crippen LogP contribution in [-0.4, -0.2) is 67.3 Å². The molecule has 9 nitrogen and oxygen atoms in total. The summed E-state index contributed by atoms with van der Waals surface area (Å²) in [5.74, 6) is 1.16. The third-order valence-electron chi connectivity index (χ3n) is 4.73. The number of piperidine rings is 1. The normalized spacial score (nSPS) is 14.4. The van der Waals surface area contributed by atoms with Gasteiger partial charge in [0, 0.05) is 32.1 Å². The van der Waals surface area contributed by atoms with Crippen LogP contribution in [0.4, 0.5) is 4.79 Å². The molecule has 1 aromatic rings. The van der Waals surface area contributed by atoms with E-state index in [9.17, 15) is 14.4 Å². The van der Waals surface area contributed by atoms with E-state index in [4.69, 9.17) is 14.2 Å². The van der Waals surface area contributed by atoms with Crippen LogP contribution in [0.5, 0.6) is 11.5 Å². The first-order valence-corrected chi connectivity index (χ1v) is 11.1. The van der Waals surface area contributed by atoms with Gasteiger partial charge in [-0.25, -0.2) is 4.79 Å². The van der Waals surface area contributed by atoms with E-state index in [0.29, 0.717) is 38.3 Å². The van der Waals surface area contributed by atoms with Gasteiger partial charge in [0.25, 0.3) is 5.91 Å². The second kappa shape index (κ2) is 12.2. The van der Waals surface area contributed by atoms with Gasteiger partial charge in [0.1, 0.15) is 17.1 Å². The topological polar surface area (TPSA) is 106 Å². The minimum Gasteiger partial charge on any atom is -0.494 e. The van der Waals surface area contributed by atoms with E-state index in [1.807, 2.05) is 6.92 Å². The van der Waals surface area contributed by atoms with E-state index in [0.717, 1.165) is 5.75 Å². The highest BCUT2D eigenvalue weighted by Gasteiger charge is 2.24. The van der Waals surface area contributed by atoms with Crippen LogP contribution in [-0.2, 0) is 14.3 Å². The molecule has 1 fully saturated rings. The van der Waals surface area contributed by atoms with Crippen molar-refractivity contribution in [3.05, 3.63) is 24.3 Å². The van der Waals surface area contributed by atoms with Crippen molar-refractivity contribution in [2.24, 2.45) is 0 Å². The van der Waals surface area contributed by atoms with Gasteiger partial charge in [-0.2, -0.15) is 0 Å². The first-order valence-electron chi connectivity index (χ1n) is 11.1. The van der Waals surface area contributed by atoms with Crippen molar-refractivity contribution in [3.8, 4) is 11.5 Å². The summed E-state index contributed by atoms with van der Waals surface area (Å²) in [6.45, 7) is 9.16. The van der Waals surface area contributed by atoms with Gasteiger partial charge in [-0.15, -0.1) is 0 Å². The second-order valence-corrected chi connectivity index (χ2v) is 8.59. The second-order valence-electron chi connectivity index (χ2n) is 8.59. The molecule has 178 valence electrons. The van der Waals surface area contributed by atoms with Crippen molar-refractivity contribution >= 4 is 17.9 Å². The molecule has 0 atom stereocenters. The summed E-state index contributed by atoms with van der Waals surface area (Å²) in [7, 11) is 0. The van der Waals surface area contributed by atoms with Crippen molar-refractivity contribution in [2.75, 3.05) is 32.8 Å². The molecule has 1 saturated heterocycles. The van der Waals surface area contributed by atoms with Crippen LogP contribution in [0.3, 0.4) is 0 Å². The first-order chi connectivity index (χ1) is 15.2. The molecule has 32 heavy (non-hydrogen) atoms. The van der Waals surface area contributed by atoms with Gasteiger partial charge < -0.3 is 29.7 Å². The SMILES string of the molecule is CCOc1ccc(OCC(=O)N2CCC(NC(=O)CCNC(=O)OC(C)(C)C)CC2)cc1. The highest BCUT2D eigenvalue weighted by atomic mass is 16.6. The molecule has 0 aliphatic carbocycles. The highest BCUT2D eigenvalue weighted by molar-refractivity contribution is 5.78. The Kier molecular flexibility index (Phi) is 9.61. The number of ether oxygens (including phenoxy) is 3. The summed E-state index contributed by atoms with van der Waals surface area (Å²) in [5.41, 5.74) is -0.572. The van der Waals surface area contributed by atoms with Crippen LogP contribution < -0.4 is 20.1 Å². The molecular weight excluding hydrogens is 414 g/mol. The maximum atomic E-state index is 12.4. The van der Waals surface area contributed by atoms with E-state index in [2.05, 4.69) is 10.6 Å². The Labute approximate surface area is 189 Å². The number of hydrogen-bond donors (Lipinski definition) is 2. The molecule has 0 aromatic heterocycles. The predicted molar refractivity (Wildman–Crippen MR) is 120 cm³/mol. The fourth-order valence-electron chi connectivity index (χ4n) is 3.20. The molecule has 1 aliphatic rings. The molecule has 2 N–H and O–H groups in total. The standard InChI is InChI=1S/C23H35N3O6/c1-5-30-18-6-8-19(9-7-18)31-16-21(28)26-14-11-17(12-15-26)25-20(27)10-13-24-22(29)32-23(2,3)4/h6-9,17H,5,10-16H2,1-4H3,(H,24,29)(H,25,27). The van der Waals surface area contributed by atoms with E-state index >= 15 is 0 Å². The van der Waals surface area contributed by atoms with Crippen molar-refractivity contribution < 1.29 is 28.6 Å². The fraction of sp³-hybridized carbons (Fsp3) is 0.609. The van der Waals surface area contributed by atoms with E-state index in [1.54, 1.807) is 49.9 Å². The number of amides is 3. The van der Waals surface area contributed by atoms with Gasteiger partial charge in [-0.05, 0) is 64.8 Å². The molecule has 9 heteroatoms. The van der Waals surface area contributed by atoms with Crippen molar-refractivity contribution in [1.82, 2.24) is 15.5 Å². The number of carbonyl (C=O) groups excluding carboxylic acids is 3. The summed E-state index contributed by atoms with van der Waals surface area (Å²) in [4.78, 5) is 37.9. The van der Waals surface area contributed by atoms with Crippen molar-refractivity contribution in [3.63, 3.8) is 0 Å². The highest BCUT2D eigenvalue weighted by Crippen LogP contribution is 2.18. The van der Waals surface area contributed by atoms with Gasteiger partial charge in [0.2, 0.25) is 5.91 Å². The zero-order valence-corrected chi connectivity index (χ0v) is 19.4. The lowest BCUT2D eigenvalue weighted by atomic mass is 10.0. The Hall–Kier alpha value is -2.97. The number of benzene rings is 1. The Morgan fingerprint density at radius 2 is 1.62 bits per heavy atom. The molecule has 0 bridgehead atoms. The van der Waals surface area contributed by atoms with Gasteiger partial charge in [0.15, 0.2) is 6.61 Å². The first kappa shape index (κ1) is 25.3. The maximum absolute atomic E-state index is 12.4. The predicted octanol–water partition coefficient (Wildman–Crippen LogP) is 2.49. The number of rotatable bonds is 9. The average Bonchev–Trinajstić information content (AvgIpc) is 2.72. The lowest BCUT2D eigenvalue weighted by molar-refractivity contribution is -0.134. The minimum absolute atomic E-state index is 0.0140. The van der Waals surface area contributed by atoms with Crippen molar-refractivity contribution in [2.45, 2.75) is 58.6 Å². The molecule has 0 unspecified atom stereocenters. The Bertz CT molecular complexity index is 752. The number of likely N-dealkylation sites (tertiary alicyclic amines) is 1. The Morgan fingerprint density at radius 3 is 2.19 bits per heavy atom. The summed E-state index contributed by atoms with van der Waals surface area (Å²) in [5, 5.41) is 5.53. The van der Waals surface area contributed by atoms with Crippen molar-refractivity contribution in [1.29, 1.82) is 0 Å². The Balaban J connectivity index is 1.62. The lowest BCUT2D eigenvalue weighted by Crippen LogP contribution is -2.48. The molecule has 0 spiro atoms. The zero-order valence-electron chi connectivity index (χ0n) is 19.4. The van der Waals surface area contributed by atoms with Crippen LogP contribution in [0, 0.1) is 0 Å². The third kappa shape index (κ3) is 9.45. The Morgan fingerprint density at radius 1 is 1.03 bits per heavy atom. The zero-order chi connectivity index (χ0) is 23.6. The number of alkyl carbamates (subject to hydrolysis) is 1. The minimum atomic E-state index is -0.572. The number of hydrogen-bond acceptors (Lipinski definition) is 6. The van der Waals surface area contributed by atoms with Crippen LogP contribution >= 0.6 is 0 Å². The number of nitrogens with one attached hydrogen (secondary N) is 2. The lowest BCUT2D eigenvalue weighted by Gasteiger charge is -2.32. The number of nitrogens with zero attached hydrogens (tertiary/aromatic N) is 1. The van der Waals surface area contributed by atoms with E-state index in [1.165, 1.54) is 0 Å². The maximum Gasteiger partial charge on any atom is 0.407 e. The molecule has 2 rings (SSSR count). The molecule has 0 saturated carbocycles. The van der Waals surface area contributed by atoms with Crippen LogP contribution in [0.2, 0.25) is 0 Å². The quantitative estimate of drug-likeness (QED) is 0.600. The van der Waals surface area contributed by atoms with Crippen LogP contribution in [0.1, 0.15) is 47.0 Å². The third-order valence-corrected chi connectivity index (χ3v) is 4.73. The summed E-state index contributed by atoms with van der Waals surface area (Å²) >= 11 is 0. The van der Waals surface area contributed by atoms with Gasteiger partial charge in [-0.3, -0.25) is 9.59 Å². The molecule has 3 amide bonds. The van der Waals surface area contributed by atoms with Gasteiger partial charge >= 0.3 is 6.09 Å². The summed E-state index contributed by atoms with van der Waals surface area (Å²) in [6, 6.07) is 7.18. The van der Waals surface area contributed by atoms with Crippen LogP contribution in [0.15, 0.2) is 24.3 Å². The van der Waals surface area contributed by atoms with Crippen LogP contribution in [0.25, 0.3) is 0 Å². The smallest absolute Gasteiger partial charge is 0.407 e. The fourth-order valence-corrected chi connectivity index (χ4v) is 3.20. The van der Waals surface area contributed by atoms with E-state index < -0.39 is 11.7 Å². The largest absolute Gasteiger partial charge is 0.494 e. The summed E-state index contributed by atoms with van der Waals surface area (Å²) in [6.07, 6.45) is 0.999.